The minimum absolute atomic E-state index is 0.437. The van der Waals surface area contributed by atoms with Crippen molar-refractivity contribution in [2.45, 2.75) is 39.2 Å². The van der Waals surface area contributed by atoms with Crippen molar-refractivity contribution in [3.8, 4) is 5.75 Å². The number of fused-ring (bicyclic) bond motifs is 1. The Balaban J connectivity index is 2.05. The quantitative estimate of drug-likeness (QED) is 0.875. The second-order valence-electron chi connectivity index (χ2n) is 4.96. The van der Waals surface area contributed by atoms with Gasteiger partial charge in [0.25, 0.3) is 0 Å². The molecule has 0 bridgehead atoms. The van der Waals surface area contributed by atoms with Crippen LogP contribution in [0.4, 0.5) is 0 Å². The summed E-state index contributed by atoms with van der Waals surface area (Å²) in [6, 6.07) is 6.72. The van der Waals surface area contributed by atoms with E-state index in [9.17, 15) is 0 Å². The van der Waals surface area contributed by atoms with Gasteiger partial charge in [0.05, 0.1) is 6.61 Å². The average molecular weight is 312 g/mol. The highest BCUT2D eigenvalue weighted by atomic mass is 79.9. The molecule has 1 atom stereocenters. The van der Waals surface area contributed by atoms with Crippen molar-refractivity contribution in [2.24, 2.45) is 5.92 Å². The van der Waals surface area contributed by atoms with E-state index in [0.717, 1.165) is 35.7 Å². The first-order chi connectivity index (χ1) is 8.74. The summed E-state index contributed by atoms with van der Waals surface area (Å²) in [5.41, 5.74) is 1.29. The summed E-state index contributed by atoms with van der Waals surface area (Å²) in [6.45, 7) is 6.45. The van der Waals surface area contributed by atoms with Gasteiger partial charge in [-0.15, -0.1) is 0 Å². The van der Waals surface area contributed by atoms with E-state index in [1.54, 1.807) is 0 Å². The Kier molecular flexibility index (Phi) is 5.07. The van der Waals surface area contributed by atoms with Crippen LogP contribution in [0.2, 0.25) is 0 Å². The first-order valence-electron chi connectivity index (χ1n) is 6.90. The lowest BCUT2D eigenvalue weighted by Crippen LogP contribution is -2.30. The second-order valence-corrected chi connectivity index (χ2v) is 5.88. The molecule has 2 rings (SSSR count). The second kappa shape index (κ2) is 6.58. The van der Waals surface area contributed by atoms with Crippen LogP contribution in [0.15, 0.2) is 22.7 Å². The van der Waals surface area contributed by atoms with E-state index in [1.807, 2.05) is 6.07 Å². The maximum absolute atomic E-state index is 5.71. The van der Waals surface area contributed by atoms with Crippen molar-refractivity contribution >= 4 is 15.9 Å². The third-order valence-electron chi connectivity index (χ3n) is 3.82. The molecule has 1 aromatic carbocycles. The van der Waals surface area contributed by atoms with Gasteiger partial charge in [0, 0.05) is 22.5 Å². The summed E-state index contributed by atoms with van der Waals surface area (Å²) in [4.78, 5) is 0. The van der Waals surface area contributed by atoms with Crippen molar-refractivity contribution in [3.05, 3.63) is 28.2 Å². The van der Waals surface area contributed by atoms with Gasteiger partial charge in [-0.3, -0.25) is 0 Å². The van der Waals surface area contributed by atoms with Gasteiger partial charge in [-0.1, -0.05) is 42.6 Å². The Labute approximate surface area is 118 Å². The number of hydrogen-bond acceptors (Lipinski definition) is 2. The largest absolute Gasteiger partial charge is 0.493 e. The smallest absolute Gasteiger partial charge is 0.124 e. The molecule has 1 heterocycles. The van der Waals surface area contributed by atoms with E-state index in [0.29, 0.717) is 6.04 Å². The highest BCUT2D eigenvalue weighted by molar-refractivity contribution is 9.10. The normalized spacial score (nSPS) is 18.6. The molecule has 1 N–H and O–H groups in total. The monoisotopic (exact) mass is 311 g/mol. The van der Waals surface area contributed by atoms with Crippen molar-refractivity contribution < 1.29 is 4.74 Å². The van der Waals surface area contributed by atoms with Gasteiger partial charge in [-0.25, -0.2) is 0 Å². The van der Waals surface area contributed by atoms with Gasteiger partial charge in [0.1, 0.15) is 5.75 Å². The van der Waals surface area contributed by atoms with Crippen LogP contribution in [0, 0.1) is 5.92 Å². The molecule has 0 aliphatic carbocycles. The number of ether oxygens (including phenoxy) is 1. The Bertz CT molecular complexity index is 390. The average Bonchev–Trinajstić information content (AvgIpc) is 2.40. The summed E-state index contributed by atoms with van der Waals surface area (Å²) in [5.74, 6) is 1.81. The maximum atomic E-state index is 5.71. The summed E-state index contributed by atoms with van der Waals surface area (Å²) >= 11 is 3.54. The molecule has 0 spiro atoms. The van der Waals surface area contributed by atoms with Crippen LogP contribution in [0.3, 0.4) is 0 Å². The number of halogens is 1. The van der Waals surface area contributed by atoms with Crippen LogP contribution >= 0.6 is 15.9 Å². The number of rotatable bonds is 5. The molecule has 1 aromatic rings. The highest BCUT2D eigenvalue weighted by Gasteiger charge is 2.21. The standard InChI is InChI=1S/C15H22BrNO/c1-3-11(4-2)10-17-14-7-8-18-15-6-5-12(16)9-13(14)15/h5-6,9,11,14,17H,3-4,7-8,10H2,1-2H3. The van der Waals surface area contributed by atoms with E-state index in [1.165, 1.54) is 18.4 Å². The van der Waals surface area contributed by atoms with Crippen LogP contribution in [-0.4, -0.2) is 13.2 Å². The van der Waals surface area contributed by atoms with Gasteiger partial charge in [0.15, 0.2) is 0 Å². The third kappa shape index (κ3) is 3.27. The zero-order valence-corrected chi connectivity index (χ0v) is 12.8. The Hall–Kier alpha value is -0.540. The van der Waals surface area contributed by atoms with Gasteiger partial charge in [0.2, 0.25) is 0 Å². The summed E-state index contributed by atoms with van der Waals surface area (Å²) in [6.07, 6.45) is 3.56. The van der Waals surface area contributed by atoms with E-state index in [2.05, 4.69) is 47.2 Å². The van der Waals surface area contributed by atoms with E-state index in [-0.39, 0.29) is 0 Å². The fraction of sp³-hybridized carbons (Fsp3) is 0.600. The predicted octanol–water partition coefficient (Wildman–Crippen LogP) is 4.30. The number of nitrogens with one attached hydrogen (secondary N) is 1. The van der Waals surface area contributed by atoms with E-state index in [4.69, 9.17) is 4.74 Å². The van der Waals surface area contributed by atoms with E-state index >= 15 is 0 Å². The lowest BCUT2D eigenvalue weighted by atomic mass is 9.98. The van der Waals surface area contributed by atoms with Gasteiger partial charge < -0.3 is 10.1 Å². The van der Waals surface area contributed by atoms with Crippen molar-refractivity contribution in [1.29, 1.82) is 0 Å². The fourth-order valence-electron chi connectivity index (χ4n) is 2.46. The van der Waals surface area contributed by atoms with E-state index < -0.39 is 0 Å². The molecule has 3 heteroatoms. The number of benzene rings is 1. The molecule has 18 heavy (non-hydrogen) atoms. The molecule has 0 radical (unpaired) electrons. The van der Waals surface area contributed by atoms with Crippen LogP contribution in [0.25, 0.3) is 0 Å². The fourth-order valence-corrected chi connectivity index (χ4v) is 2.84. The lowest BCUT2D eigenvalue weighted by molar-refractivity contribution is 0.247. The summed E-state index contributed by atoms with van der Waals surface area (Å²) in [5, 5.41) is 3.71. The molecule has 1 aliphatic rings. The zero-order valence-electron chi connectivity index (χ0n) is 11.2. The molecular weight excluding hydrogens is 290 g/mol. The molecule has 0 aromatic heterocycles. The van der Waals surface area contributed by atoms with Crippen molar-refractivity contribution in [3.63, 3.8) is 0 Å². The zero-order chi connectivity index (χ0) is 13.0. The minimum atomic E-state index is 0.437. The van der Waals surface area contributed by atoms with Crippen LogP contribution in [-0.2, 0) is 0 Å². The molecular formula is C15H22BrNO. The highest BCUT2D eigenvalue weighted by Crippen LogP contribution is 2.34. The van der Waals surface area contributed by atoms with Crippen molar-refractivity contribution in [2.75, 3.05) is 13.2 Å². The molecule has 0 saturated carbocycles. The molecule has 0 saturated heterocycles. The Morgan fingerprint density at radius 2 is 2.17 bits per heavy atom. The van der Waals surface area contributed by atoms with Gasteiger partial charge in [-0.2, -0.15) is 0 Å². The molecule has 1 unspecified atom stereocenters. The molecule has 2 nitrogen and oxygen atoms in total. The molecule has 0 fully saturated rings. The molecule has 100 valence electrons. The van der Waals surface area contributed by atoms with Crippen molar-refractivity contribution in [1.82, 2.24) is 5.32 Å². The van der Waals surface area contributed by atoms with Gasteiger partial charge >= 0.3 is 0 Å². The summed E-state index contributed by atoms with van der Waals surface area (Å²) in [7, 11) is 0. The molecule has 0 amide bonds. The van der Waals surface area contributed by atoms with Crippen LogP contribution in [0.1, 0.15) is 44.7 Å². The first-order valence-corrected chi connectivity index (χ1v) is 7.69. The third-order valence-corrected chi connectivity index (χ3v) is 4.31. The van der Waals surface area contributed by atoms with Crippen LogP contribution in [0.5, 0.6) is 5.75 Å². The minimum Gasteiger partial charge on any atom is -0.493 e. The molecule has 1 aliphatic heterocycles. The van der Waals surface area contributed by atoms with Crippen LogP contribution < -0.4 is 10.1 Å². The first kappa shape index (κ1) is 13.9. The Morgan fingerprint density at radius 1 is 1.39 bits per heavy atom. The predicted molar refractivity (Wildman–Crippen MR) is 79.1 cm³/mol. The number of hydrogen-bond donors (Lipinski definition) is 1. The lowest BCUT2D eigenvalue weighted by Gasteiger charge is -2.28. The maximum Gasteiger partial charge on any atom is 0.124 e. The van der Waals surface area contributed by atoms with Gasteiger partial charge in [-0.05, 0) is 30.7 Å². The summed E-state index contributed by atoms with van der Waals surface area (Å²) < 4.78 is 6.83. The Morgan fingerprint density at radius 3 is 2.89 bits per heavy atom. The topological polar surface area (TPSA) is 21.3 Å². The SMILES string of the molecule is CCC(CC)CNC1CCOc2ccc(Br)cc21.